The molecule has 3 aromatic rings. The number of aliphatic imine (C=N–C) groups is 1. The fraction of sp³-hybridized carbons (Fsp3) is 0.0455. The Labute approximate surface area is 176 Å². The zero-order valence-electron chi connectivity index (χ0n) is 16.2. The molecule has 1 N–H and O–H groups in total. The van der Waals surface area contributed by atoms with Gasteiger partial charge in [-0.3, -0.25) is 15.1 Å². The third-order valence-corrected chi connectivity index (χ3v) is 4.16. The van der Waals surface area contributed by atoms with E-state index in [-0.39, 0.29) is 28.3 Å². The summed E-state index contributed by atoms with van der Waals surface area (Å²) in [6, 6.07) is 16.0. The van der Waals surface area contributed by atoms with Crippen LogP contribution in [0.5, 0.6) is 11.5 Å². The number of carboxylic acids is 1. The summed E-state index contributed by atoms with van der Waals surface area (Å²) in [4.78, 5) is 37.8. The van der Waals surface area contributed by atoms with Crippen molar-refractivity contribution in [3.63, 3.8) is 0 Å². The van der Waals surface area contributed by atoms with Crippen LogP contribution in [0, 0.1) is 10.1 Å². The van der Waals surface area contributed by atoms with Crippen molar-refractivity contribution in [3.8, 4) is 11.5 Å². The van der Waals surface area contributed by atoms with Gasteiger partial charge >= 0.3 is 11.9 Å². The van der Waals surface area contributed by atoms with E-state index in [1.165, 1.54) is 43.5 Å². The quantitative estimate of drug-likeness (QED) is 0.199. The van der Waals surface area contributed by atoms with Gasteiger partial charge in [0.2, 0.25) is 0 Å². The minimum absolute atomic E-state index is 0.0340. The molecule has 0 spiro atoms. The van der Waals surface area contributed by atoms with Crippen LogP contribution in [0.1, 0.15) is 26.3 Å². The van der Waals surface area contributed by atoms with E-state index in [0.717, 1.165) is 6.07 Å². The van der Waals surface area contributed by atoms with Gasteiger partial charge in [0.25, 0.3) is 5.69 Å². The molecular formula is C22H16N2O7. The molecule has 31 heavy (non-hydrogen) atoms. The first-order valence-corrected chi connectivity index (χ1v) is 8.89. The summed E-state index contributed by atoms with van der Waals surface area (Å²) in [6.07, 6.45) is 1.55. The maximum Gasteiger partial charge on any atom is 0.343 e. The van der Waals surface area contributed by atoms with Gasteiger partial charge in [0, 0.05) is 18.3 Å². The van der Waals surface area contributed by atoms with E-state index in [9.17, 15) is 19.7 Å². The number of carbonyl (C=O) groups excluding carboxylic acids is 1. The SMILES string of the molecule is COc1cc(C=Nc2ccc(C(=O)O)cc2)ccc1OC(=O)c1cccc([N+](=O)[O-])c1. The molecule has 0 saturated carbocycles. The summed E-state index contributed by atoms with van der Waals surface area (Å²) in [6.45, 7) is 0. The number of methoxy groups -OCH3 is 1. The number of esters is 1. The maximum absolute atomic E-state index is 12.4. The molecule has 9 nitrogen and oxygen atoms in total. The number of aromatic carboxylic acids is 1. The first-order chi connectivity index (χ1) is 14.9. The smallest absolute Gasteiger partial charge is 0.343 e. The number of carbonyl (C=O) groups is 2. The largest absolute Gasteiger partial charge is 0.493 e. The summed E-state index contributed by atoms with van der Waals surface area (Å²) in [7, 11) is 1.41. The van der Waals surface area contributed by atoms with E-state index in [2.05, 4.69) is 4.99 Å². The molecule has 3 aromatic carbocycles. The van der Waals surface area contributed by atoms with Crippen LogP contribution in [0.2, 0.25) is 0 Å². The van der Waals surface area contributed by atoms with E-state index in [0.29, 0.717) is 11.3 Å². The van der Waals surface area contributed by atoms with Crippen molar-refractivity contribution in [1.82, 2.24) is 0 Å². The molecule has 0 heterocycles. The highest BCUT2D eigenvalue weighted by atomic mass is 16.6. The number of hydrogen-bond donors (Lipinski definition) is 1. The highest BCUT2D eigenvalue weighted by Crippen LogP contribution is 2.29. The van der Waals surface area contributed by atoms with Gasteiger partial charge in [-0.05, 0) is 54.1 Å². The van der Waals surface area contributed by atoms with Gasteiger partial charge in [-0.15, -0.1) is 0 Å². The van der Waals surface area contributed by atoms with Gasteiger partial charge < -0.3 is 14.6 Å². The first-order valence-electron chi connectivity index (χ1n) is 8.89. The van der Waals surface area contributed by atoms with Gasteiger partial charge in [0.1, 0.15) is 0 Å². The van der Waals surface area contributed by atoms with Crippen LogP contribution < -0.4 is 9.47 Å². The Morgan fingerprint density at radius 1 is 1.00 bits per heavy atom. The van der Waals surface area contributed by atoms with E-state index < -0.39 is 16.9 Å². The fourth-order valence-corrected chi connectivity index (χ4v) is 2.59. The van der Waals surface area contributed by atoms with Crippen molar-refractivity contribution in [3.05, 3.63) is 93.5 Å². The third kappa shape index (κ3) is 5.30. The molecule has 0 radical (unpaired) electrons. The zero-order valence-corrected chi connectivity index (χ0v) is 16.2. The van der Waals surface area contributed by atoms with Crippen LogP contribution in [0.4, 0.5) is 11.4 Å². The molecule has 3 rings (SSSR count). The van der Waals surface area contributed by atoms with Crippen molar-refractivity contribution < 1.29 is 29.1 Å². The zero-order chi connectivity index (χ0) is 22.4. The van der Waals surface area contributed by atoms with E-state index in [4.69, 9.17) is 14.6 Å². The molecule has 0 unspecified atom stereocenters. The lowest BCUT2D eigenvalue weighted by molar-refractivity contribution is -0.384. The standard InChI is InChI=1S/C22H16N2O7/c1-30-20-11-14(13-23-17-8-6-15(7-9-17)21(25)26)5-10-19(20)31-22(27)16-3-2-4-18(12-16)24(28)29/h2-13H,1H3,(H,25,26). The molecule has 0 amide bonds. The summed E-state index contributed by atoms with van der Waals surface area (Å²) >= 11 is 0. The lowest BCUT2D eigenvalue weighted by atomic mass is 10.2. The van der Waals surface area contributed by atoms with Crippen molar-refractivity contribution >= 4 is 29.5 Å². The predicted octanol–water partition coefficient (Wildman–Crippen LogP) is 4.27. The van der Waals surface area contributed by atoms with Crippen LogP contribution in [-0.4, -0.2) is 35.3 Å². The second-order valence-electron chi connectivity index (χ2n) is 6.22. The minimum atomic E-state index is -1.02. The molecule has 0 fully saturated rings. The average molecular weight is 420 g/mol. The Kier molecular flexibility index (Phi) is 6.36. The second-order valence-corrected chi connectivity index (χ2v) is 6.22. The van der Waals surface area contributed by atoms with Crippen molar-refractivity contribution in [2.75, 3.05) is 7.11 Å². The lowest BCUT2D eigenvalue weighted by Crippen LogP contribution is -2.09. The minimum Gasteiger partial charge on any atom is -0.493 e. The van der Waals surface area contributed by atoms with Crippen LogP contribution in [-0.2, 0) is 0 Å². The number of non-ortho nitro benzene ring substituents is 1. The summed E-state index contributed by atoms with van der Waals surface area (Å²) in [5, 5.41) is 19.8. The van der Waals surface area contributed by atoms with Crippen LogP contribution in [0.15, 0.2) is 71.7 Å². The topological polar surface area (TPSA) is 128 Å². The number of nitro groups is 1. The van der Waals surface area contributed by atoms with Crippen LogP contribution >= 0.6 is 0 Å². The molecule has 9 heteroatoms. The summed E-state index contributed by atoms with van der Waals surface area (Å²) in [5.41, 5.74) is 1.19. The molecule has 0 bridgehead atoms. The molecular weight excluding hydrogens is 404 g/mol. The first kappa shape index (κ1) is 21.2. The Balaban J connectivity index is 1.76. The number of hydrogen-bond acceptors (Lipinski definition) is 7. The van der Waals surface area contributed by atoms with Gasteiger partial charge in [-0.25, -0.2) is 9.59 Å². The van der Waals surface area contributed by atoms with E-state index in [1.54, 1.807) is 30.5 Å². The summed E-state index contributed by atoms with van der Waals surface area (Å²) < 4.78 is 10.6. The summed E-state index contributed by atoms with van der Waals surface area (Å²) in [5.74, 6) is -1.37. The van der Waals surface area contributed by atoms with Gasteiger partial charge in [-0.2, -0.15) is 0 Å². The number of rotatable bonds is 7. The van der Waals surface area contributed by atoms with Crippen molar-refractivity contribution in [1.29, 1.82) is 0 Å². The van der Waals surface area contributed by atoms with E-state index in [1.807, 2.05) is 0 Å². The molecule has 0 aliphatic heterocycles. The Morgan fingerprint density at radius 2 is 1.74 bits per heavy atom. The molecule has 0 saturated heterocycles. The highest BCUT2D eigenvalue weighted by molar-refractivity contribution is 5.92. The fourth-order valence-electron chi connectivity index (χ4n) is 2.59. The highest BCUT2D eigenvalue weighted by Gasteiger charge is 2.16. The van der Waals surface area contributed by atoms with Crippen molar-refractivity contribution in [2.45, 2.75) is 0 Å². The average Bonchev–Trinajstić information content (AvgIpc) is 2.78. The molecule has 0 aromatic heterocycles. The molecule has 156 valence electrons. The number of ether oxygens (including phenoxy) is 2. The normalized spacial score (nSPS) is 10.6. The lowest BCUT2D eigenvalue weighted by Gasteiger charge is -2.10. The number of carboxylic acid groups (broad SMARTS) is 1. The van der Waals surface area contributed by atoms with Gasteiger partial charge in [-0.1, -0.05) is 6.07 Å². The Hall–Kier alpha value is -4.53. The number of nitro benzene ring substituents is 1. The number of nitrogens with zero attached hydrogens (tertiary/aromatic N) is 2. The molecule has 0 atom stereocenters. The third-order valence-electron chi connectivity index (χ3n) is 4.16. The molecule has 0 aliphatic rings. The predicted molar refractivity (Wildman–Crippen MR) is 112 cm³/mol. The monoisotopic (exact) mass is 420 g/mol. The number of benzene rings is 3. The second kappa shape index (κ2) is 9.31. The Morgan fingerprint density at radius 3 is 2.39 bits per heavy atom. The van der Waals surface area contributed by atoms with Crippen LogP contribution in [0.25, 0.3) is 0 Å². The van der Waals surface area contributed by atoms with Gasteiger partial charge in [0.05, 0.1) is 28.8 Å². The maximum atomic E-state index is 12.4. The van der Waals surface area contributed by atoms with E-state index >= 15 is 0 Å². The van der Waals surface area contributed by atoms with Crippen molar-refractivity contribution in [2.24, 2.45) is 4.99 Å². The van der Waals surface area contributed by atoms with Crippen LogP contribution in [0.3, 0.4) is 0 Å². The van der Waals surface area contributed by atoms with Gasteiger partial charge in [0.15, 0.2) is 11.5 Å². The Bertz CT molecular complexity index is 1170. The molecule has 0 aliphatic carbocycles.